The van der Waals surface area contributed by atoms with Gasteiger partial charge in [-0.05, 0) is 79.3 Å². The third-order valence-corrected chi connectivity index (χ3v) is 5.87. The number of carbonyl (C=O) groups is 1. The Labute approximate surface area is 189 Å². The lowest BCUT2D eigenvalue weighted by atomic mass is 10.1. The Morgan fingerprint density at radius 1 is 0.938 bits per heavy atom. The van der Waals surface area contributed by atoms with Crippen molar-refractivity contribution in [3.63, 3.8) is 0 Å². The molecule has 0 radical (unpaired) electrons. The number of fused-ring (bicyclic) bond motifs is 2. The van der Waals surface area contributed by atoms with E-state index >= 15 is 0 Å². The number of benzene rings is 3. The minimum Gasteiger partial charge on any atom is -0.355 e. The van der Waals surface area contributed by atoms with Gasteiger partial charge in [0.2, 0.25) is 0 Å². The van der Waals surface area contributed by atoms with E-state index in [4.69, 9.17) is 0 Å². The van der Waals surface area contributed by atoms with Crippen molar-refractivity contribution >= 4 is 39.0 Å². The third kappa shape index (κ3) is 5.06. The summed E-state index contributed by atoms with van der Waals surface area (Å²) >= 11 is 0. The molecule has 0 aliphatic heterocycles. The molecule has 0 fully saturated rings. The fourth-order valence-corrected chi connectivity index (χ4v) is 3.95. The zero-order valence-electron chi connectivity index (χ0n) is 18.8. The largest absolute Gasteiger partial charge is 0.355 e. The summed E-state index contributed by atoms with van der Waals surface area (Å²) in [6.07, 6.45) is 2.77. The lowest BCUT2D eigenvalue weighted by Crippen LogP contribution is -2.29. The Bertz CT molecular complexity index is 1200. The summed E-state index contributed by atoms with van der Waals surface area (Å²) in [6, 6.07) is 22.2. The van der Waals surface area contributed by atoms with Crippen molar-refractivity contribution in [2.24, 2.45) is 0 Å². The van der Waals surface area contributed by atoms with Crippen molar-refractivity contribution in [1.29, 1.82) is 0 Å². The Morgan fingerprint density at radius 3 is 2.38 bits per heavy atom. The molecule has 0 spiro atoms. The quantitative estimate of drug-likeness (QED) is 0.270. The SMILES string of the molecule is CCN(CC)CCCNC(=O)c1ccc(Nc2ccnc3cc4ccccc4cc23)cc1. The van der Waals surface area contributed by atoms with Gasteiger partial charge in [0.1, 0.15) is 0 Å². The van der Waals surface area contributed by atoms with Crippen molar-refractivity contribution < 1.29 is 4.79 Å². The summed E-state index contributed by atoms with van der Waals surface area (Å²) in [5.41, 5.74) is 3.55. The molecule has 0 aliphatic carbocycles. The number of hydrogen-bond donors (Lipinski definition) is 2. The first-order valence-corrected chi connectivity index (χ1v) is 11.3. The first kappa shape index (κ1) is 21.8. The normalized spacial score (nSPS) is 11.2. The molecular weight excluding hydrogens is 396 g/mol. The molecule has 1 heterocycles. The molecule has 0 saturated heterocycles. The van der Waals surface area contributed by atoms with Crippen molar-refractivity contribution in [1.82, 2.24) is 15.2 Å². The highest BCUT2D eigenvalue weighted by Gasteiger charge is 2.08. The maximum absolute atomic E-state index is 12.4. The molecule has 4 aromatic rings. The van der Waals surface area contributed by atoms with Gasteiger partial charge < -0.3 is 15.5 Å². The minimum absolute atomic E-state index is 0.0306. The van der Waals surface area contributed by atoms with Crippen LogP contribution in [0.4, 0.5) is 11.4 Å². The summed E-state index contributed by atoms with van der Waals surface area (Å²) in [5, 5.41) is 9.93. The lowest BCUT2D eigenvalue weighted by molar-refractivity contribution is 0.0952. The molecule has 5 heteroatoms. The van der Waals surface area contributed by atoms with E-state index in [0.717, 1.165) is 48.3 Å². The van der Waals surface area contributed by atoms with E-state index < -0.39 is 0 Å². The number of rotatable bonds is 9. The van der Waals surface area contributed by atoms with Crippen LogP contribution in [0.15, 0.2) is 72.9 Å². The predicted molar refractivity (Wildman–Crippen MR) is 134 cm³/mol. The van der Waals surface area contributed by atoms with Gasteiger partial charge in [-0.25, -0.2) is 0 Å². The lowest BCUT2D eigenvalue weighted by Gasteiger charge is -2.17. The topological polar surface area (TPSA) is 57.3 Å². The van der Waals surface area contributed by atoms with Gasteiger partial charge in [-0.2, -0.15) is 0 Å². The van der Waals surface area contributed by atoms with E-state index in [9.17, 15) is 4.79 Å². The van der Waals surface area contributed by atoms with Crippen LogP contribution in [-0.2, 0) is 0 Å². The third-order valence-electron chi connectivity index (χ3n) is 5.87. The van der Waals surface area contributed by atoms with Crippen molar-refractivity contribution in [2.75, 3.05) is 31.5 Å². The number of pyridine rings is 1. The highest BCUT2D eigenvalue weighted by atomic mass is 16.1. The maximum Gasteiger partial charge on any atom is 0.251 e. The standard InChI is InChI=1S/C27H30N4O/c1-3-31(4-2)17-7-15-29-27(32)20-10-12-23(13-11-20)30-25-14-16-28-26-19-22-9-6-5-8-21(22)18-24(25)26/h5-6,8-14,16,18-19H,3-4,7,15,17H2,1-2H3,(H,28,30)(H,29,32). The predicted octanol–water partition coefficient (Wildman–Crippen LogP) is 5.59. The average molecular weight is 427 g/mol. The van der Waals surface area contributed by atoms with Crippen LogP contribution in [-0.4, -0.2) is 42.0 Å². The molecule has 3 aromatic carbocycles. The van der Waals surface area contributed by atoms with Gasteiger partial charge in [0.05, 0.1) is 5.52 Å². The summed E-state index contributed by atoms with van der Waals surface area (Å²) < 4.78 is 0. The molecule has 5 nitrogen and oxygen atoms in total. The number of amides is 1. The first-order valence-electron chi connectivity index (χ1n) is 11.3. The van der Waals surface area contributed by atoms with Gasteiger partial charge in [0, 0.05) is 35.1 Å². The Kier molecular flexibility index (Phi) is 6.97. The summed E-state index contributed by atoms with van der Waals surface area (Å²) in [6.45, 7) is 8.10. The van der Waals surface area contributed by atoms with E-state index in [2.05, 4.69) is 58.6 Å². The number of nitrogens with one attached hydrogen (secondary N) is 2. The van der Waals surface area contributed by atoms with Gasteiger partial charge in [0.15, 0.2) is 0 Å². The van der Waals surface area contributed by atoms with Gasteiger partial charge >= 0.3 is 0 Å². The van der Waals surface area contributed by atoms with Crippen LogP contribution in [0.5, 0.6) is 0 Å². The average Bonchev–Trinajstić information content (AvgIpc) is 2.83. The molecular formula is C27H30N4O. The molecule has 0 unspecified atom stereocenters. The summed E-state index contributed by atoms with van der Waals surface area (Å²) in [5.74, 6) is -0.0306. The number of anilines is 2. The summed E-state index contributed by atoms with van der Waals surface area (Å²) in [4.78, 5) is 19.3. The molecule has 0 saturated carbocycles. The fourth-order valence-electron chi connectivity index (χ4n) is 3.95. The Morgan fingerprint density at radius 2 is 1.66 bits per heavy atom. The number of aromatic nitrogens is 1. The zero-order valence-corrected chi connectivity index (χ0v) is 18.8. The van der Waals surface area contributed by atoms with Gasteiger partial charge in [-0.3, -0.25) is 9.78 Å². The maximum atomic E-state index is 12.4. The molecule has 0 atom stereocenters. The van der Waals surface area contributed by atoms with Crippen LogP contribution >= 0.6 is 0 Å². The zero-order chi connectivity index (χ0) is 22.3. The van der Waals surface area contributed by atoms with E-state index in [0.29, 0.717) is 12.1 Å². The minimum atomic E-state index is -0.0306. The second kappa shape index (κ2) is 10.2. The van der Waals surface area contributed by atoms with E-state index in [1.807, 2.05) is 48.7 Å². The second-order valence-electron chi connectivity index (χ2n) is 7.91. The van der Waals surface area contributed by atoms with Gasteiger partial charge in [0.25, 0.3) is 5.91 Å². The van der Waals surface area contributed by atoms with Crippen LogP contribution in [0, 0.1) is 0 Å². The molecule has 0 aliphatic rings. The van der Waals surface area contributed by atoms with Crippen molar-refractivity contribution in [2.45, 2.75) is 20.3 Å². The summed E-state index contributed by atoms with van der Waals surface area (Å²) in [7, 11) is 0. The van der Waals surface area contributed by atoms with Crippen LogP contribution in [0.2, 0.25) is 0 Å². The van der Waals surface area contributed by atoms with Gasteiger partial charge in [-0.1, -0.05) is 38.1 Å². The molecule has 4 rings (SSSR count). The van der Waals surface area contributed by atoms with Crippen molar-refractivity contribution in [3.05, 3.63) is 78.5 Å². The van der Waals surface area contributed by atoms with Crippen LogP contribution in [0.25, 0.3) is 21.7 Å². The Hall–Kier alpha value is -3.44. The molecule has 164 valence electrons. The molecule has 0 bridgehead atoms. The first-order chi connectivity index (χ1) is 15.7. The highest BCUT2D eigenvalue weighted by Crippen LogP contribution is 2.29. The van der Waals surface area contributed by atoms with E-state index in [1.54, 1.807) is 0 Å². The van der Waals surface area contributed by atoms with E-state index in [1.165, 1.54) is 10.8 Å². The number of carbonyl (C=O) groups excluding carboxylic acids is 1. The molecule has 2 N–H and O–H groups in total. The molecule has 1 aromatic heterocycles. The van der Waals surface area contributed by atoms with Crippen molar-refractivity contribution in [3.8, 4) is 0 Å². The van der Waals surface area contributed by atoms with E-state index in [-0.39, 0.29) is 5.91 Å². The van der Waals surface area contributed by atoms with Gasteiger partial charge in [-0.15, -0.1) is 0 Å². The Balaban J connectivity index is 1.42. The second-order valence-corrected chi connectivity index (χ2v) is 7.91. The highest BCUT2D eigenvalue weighted by molar-refractivity contribution is 6.02. The van der Waals surface area contributed by atoms with Crippen LogP contribution in [0.3, 0.4) is 0 Å². The van der Waals surface area contributed by atoms with Crippen LogP contribution in [0.1, 0.15) is 30.6 Å². The molecule has 32 heavy (non-hydrogen) atoms. The number of hydrogen-bond acceptors (Lipinski definition) is 4. The smallest absolute Gasteiger partial charge is 0.251 e. The monoisotopic (exact) mass is 426 g/mol. The van der Waals surface area contributed by atoms with Crippen LogP contribution < -0.4 is 10.6 Å². The fraction of sp³-hybridized carbons (Fsp3) is 0.259. The number of nitrogens with zero attached hydrogens (tertiary/aromatic N) is 2. The molecule has 1 amide bonds.